The van der Waals surface area contributed by atoms with E-state index in [0.717, 1.165) is 0 Å². The molecule has 0 saturated heterocycles. The van der Waals surface area contributed by atoms with Crippen molar-refractivity contribution in [3.8, 4) is 17.2 Å². The molecule has 2 aromatic rings. The van der Waals surface area contributed by atoms with Crippen molar-refractivity contribution < 1.29 is 28.9 Å². The number of nitrogens with one attached hydrogen (secondary N) is 1. The first-order valence-electron chi connectivity index (χ1n) is 7.72. The highest BCUT2D eigenvalue weighted by atomic mass is 35.5. The van der Waals surface area contributed by atoms with Gasteiger partial charge in [0, 0.05) is 0 Å². The van der Waals surface area contributed by atoms with Crippen LogP contribution in [0.25, 0.3) is 6.08 Å². The van der Waals surface area contributed by atoms with Crippen LogP contribution in [-0.2, 0) is 4.79 Å². The van der Waals surface area contributed by atoms with Gasteiger partial charge in [-0.25, -0.2) is 4.79 Å². The Hall–Kier alpha value is -3.19. The zero-order chi connectivity index (χ0) is 20.0. The van der Waals surface area contributed by atoms with Crippen molar-refractivity contribution in [3.63, 3.8) is 0 Å². The quantitative estimate of drug-likeness (QED) is 0.704. The average molecular weight is 392 g/mol. The van der Waals surface area contributed by atoms with Gasteiger partial charge in [-0.15, -0.1) is 0 Å². The maximum absolute atomic E-state index is 12.3. The number of rotatable bonds is 7. The van der Waals surface area contributed by atoms with Gasteiger partial charge in [0.2, 0.25) is 5.75 Å². The summed E-state index contributed by atoms with van der Waals surface area (Å²) in [6.07, 6.45) is 1.28. The summed E-state index contributed by atoms with van der Waals surface area (Å²) >= 11 is 5.98. The van der Waals surface area contributed by atoms with Gasteiger partial charge in [-0.05, 0) is 35.9 Å². The molecule has 0 bridgehead atoms. The average Bonchev–Trinajstić information content (AvgIpc) is 2.66. The summed E-state index contributed by atoms with van der Waals surface area (Å²) in [7, 11) is 4.35. The van der Waals surface area contributed by atoms with Crippen molar-refractivity contribution in [2.24, 2.45) is 0 Å². The van der Waals surface area contributed by atoms with E-state index in [9.17, 15) is 14.7 Å². The number of carbonyl (C=O) groups is 2. The van der Waals surface area contributed by atoms with Crippen molar-refractivity contribution >= 4 is 29.6 Å². The van der Waals surface area contributed by atoms with E-state index in [1.54, 1.807) is 30.3 Å². The molecule has 0 unspecified atom stereocenters. The number of hydrogen-bond donors (Lipinski definition) is 2. The van der Waals surface area contributed by atoms with Gasteiger partial charge in [0.1, 0.15) is 5.70 Å². The Morgan fingerprint density at radius 2 is 1.63 bits per heavy atom. The predicted molar refractivity (Wildman–Crippen MR) is 101 cm³/mol. The third-order valence-corrected chi connectivity index (χ3v) is 3.92. The number of aliphatic carboxylic acids is 1. The van der Waals surface area contributed by atoms with Gasteiger partial charge >= 0.3 is 5.97 Å². The SMILES string of the molecule is COc1cc(C=C(NC(=O)c2ccccc2Cl)C(=O)O)cc(OC)c1OC. The van der Waals surface area contributed by atoms with E-state index in [2.05, 4.69) is 5.32 Å². The minimum Gasteiger partial charge on any atom is -0.493 e. The summed E-state index contributed by atoms with van der Waals surface area (Å²) in [5, 5.41) is 12.0. The molecule has 0 heterocycles. The van der Waals surface area contributed by atoms with E-state index in [0.29, 0.717) is 22.8 Å². The van der Waals surface area contributed by atoms with Crippen molar-refractivity contribution in [2.75, 3.05) is 21.3 Å². The van der Waals surface area contributed by atoms with Crippen molar-refractivity contribution in [1.29, 1.82) is 0 Å². The van der Waals surface area contributed by atoms with Gasteiger partial charge in [0.15, 0.2) is 11.5 Å². The largest absolute Gasteiger partial charge is 0.493 e. The third kappa shape index (κ3) is 4.71. The number of carboxylic acids is 1. The first kappa shape index (κ1) is 20.1. The fraction of sp³-hybridized carbons (Fsp3) is 0.158. The number of benzene rings is 2. The standard InChI is InChI=1S/C19H18ClNO6/c1-25-15-9-11(10-16(26-2)17(15)27-3)8-14(19(23)24)21-18(22)12-6-4-5-7-13(12)20/h4-10H,1-3H3,(H,21,22)(H,23,24). The lowest BCUT2D eigenvalue weighted by atomic mass is 10.1. The summed E-state index contributed by atoms with van der Waals surface area (Å²) in [6, 6.07) is 9.46. The molecule has 0 aromatic heterocycles. The fourth-order valence-electron chi connectivity index (χ4n) is 2.34. The van der Waals surface area contributed by atoms with Crippen LogP contribution in [0.15, 0.2) is 42.1 Å². The Bertz CT molecular complexity index is 869. The minimum atomic E-state index is -1.32. The number of ether oxygens (including phenoxy) is 3. The molecule has 0 atom stereocenters. The summed E-state index contributed by atoms with van der Waals surface area (Å²) in [4.78, 5) is 23.9. The number of amides is 1. The second-order valence-corrected chi connectivity index (χ2v) is 5.66. The topological polar surface area (TPSA) is 94.1 Å². The Morgan fingerprint density at radius 1 is 1.04 bits per heavy atom. The second-order valence-electron chi connectivity index (χ2n) is 5.26. The molecule has 2 aromatic carbocycles. The number of hydrogen-bond acceptors (Lipinski definition) is 5. The van der Waals surface area contributed by atoms with Crippen LogP contribution in [0.3, 0.4) is 0 Å². The summed E-state index contributed by atoms with van der Waals surface area (Å²) in [5.41, 5.74) is 0.256. The molecule has 0 aliphatic rings. The van der Waals surface area contributed by atoms with Gasteiger partial charge in [-0.2, -0.15) is 0 Å². The molecule has 0 radical (unpaired) electrons. The van der Waals surface area contributed by atoms with E-state index in [1.807, 2.05) is 0 Å². The molecule has 2 rings (SSSR count). The second kappa shape index (κ2) is 8.95. The van der Waals surface area contributed by atoms with Gasteiger partial charge in [0.05, 0.1) is 31.9 Å². The Balaban J connectivity index is 2.42. The zero-order valence-corrected chi connectivity index (χ0v) is 15.7. The normalized spacial score (nSPS) is 10.9. The molecule has 0 aliphatic heterocycles. The van der Waals surface area contributed by atoms with Crippen LogP contribution in [0.1, 0.15) is 15.9 Å². The number of methoxy groups -OCH3 is 3. The van der Waals surface area contributed by atoms with Crippen LogP contribution >= 0.6 is 11.6 Å². The molecule has 2 N–H and O–H groups in total. The summed E-state index contributed by atoms with van der Waals surface area (Å²) in [6.45, 7) is 0. The van der Waals surface area contributed by atoms with Crippen molar-refractivity contribution in [2.45, 2.75) is 0 Å². The smallest absolute Gasteiger partial charge is 0.352 e. The molecule has 8 heteroatoms. The molecule has 27 heavy (non-hydrogen) atoms. The highest BCUT2D eigenvalue weighted by Gasteiger charge is 2.17. The molecule has 142 valence electrons. The van der Waals surface area contributed by atoms with Gasteiger partial charge in [-0.1, -0.05) is 23.7 Å². The van der Waals surface area contributed by atoms with E-state index in [1.165, 1.54) is 33.5 Å². The molecule has 0 spiro atoms. The van der Waals surface area contributed by atoms with Crippen LogP contribution in [0, 0.1) is 0 Å². The van der Waals surface area contributed by atoms with Crippen molar-refractivity contribution in [1.82, 2.24) is 5.32 Å². The molecule has 0 aliphatic carbocycles. The van der Waals surface area contributed by atoms with E-state index >= 15 is 0 Å². The van der Waals surface area contributed by atoms with Gasteiger partial charge < -0.3 is 24.6 Å². The van der Waals surface area contributed by atoms with Gasteiger partial charge in [-0.3, -0.25) is 4.79 Å². The van der Waals surface area contributed by atoms with Crippen LogP contribution in [0.4, 0.5) is 0 Å². The maximum atomic E-state index is 12.3. The molecular formula is C19H18ClNO6. The molecule has 0 fully saturated rings. The van der Waals surface area contributed by atoms with E-state index in [4.69, 9.17) is 25.8 Å². The van der Waals surface area contributed by atoms with E-state index < -0.39 is 11.9 Å². The molecule has 0 saturated carbocycles. The molecular weight excluding hydrogens is 374 g/mol. The zero-order valence-electron chi connectivity index (χ0n) is 14.9. The van der Waals surface area contributed by atoms with Crippen LogP contribution < -0.4 is 19.5 Å². The lowest BCUT2D eigenvalue weighted by molar-refractivity contribution is -0.132. The Labute approximate surface area is 161 Å². The lowest BCUT2D eigenvalue weighted by Gasteiger charge is -2.13. The lowest BCUT2D eigenvalue weighted by Crippen LogP contribution is -2.27. The molecule has 7 nitrogen and oxygen atoms in total. The first-order chi connectivity index (χ1) is 12.9. The van der Waals surface area contributed by atoms with Crippen molar-refractivity contribution in [3.05, 3.63) is 58.2 Å². The number of carbonyl (C=O) groups excluding carboxylic acids is 1. The predicted octanol–water partition coefficient (Wildman–Crippen LogP) is 3.22. The van der Waals surface area contributed by atoms with Crippen LogP contribution in [0.5, 0.6) is 17.2 Å². The summed E-state index contributed by atoms with van der Waals surface area (Å²) in [5.74, 6) is -0.879. The van der Waals surface area contributed by atoms with Crippen LogP contribution in [0.2, 0.25) is 5.02 Å². The number of halogens is 1. The first-order valence-corrected chi connectivity index (χ1v) is 8.10. The fourth-order valence-corrected chi connectivity index (χ4v) is 2.56. The van der Waals surface area contributed by atoms with Gasteiger partial charge in [0.25, 0.3) is 5.91 Å². The Kier molecular flexibility index (Phi) is 6.67. The maximum Gasteiger partial charge on any atom is 0.352 e. The number of carboxylic acid groups (broad SMARTS) is 1. The van der Waals surface area contributed by atoms with E-state index in [-0.39, 0.29) is 16.3 Å². The van der Waals surface area contributed by atoms with Crippen LogP contribution in [-0.4, -0.2) is 38.3 Å². The highest BCUT2D eigenvalue weighted by Crippen LogP contribution is 2.38. The monoisotopic (exact) mass is 391 g/mol. The third-order valence-electron chi connectivity index (χ3n) is 3.60. The summed E-state index contributed by atoms with van der Waals surface area (Å²) < 4.78 is 15.7. The Morgan fingerprint density at radius 3 is 2.11 bits per heavy atom. The minimum absolute atomic E-state index is 0.163. The highest BCUT2D eigenvalue weighted by molar-refractivity contribution is 6.34. The molecule has 1 amide bonds.